The molecule has 0 fully saturated rings. The molecule has 0 aliphatic carbocycles. The molecule has 0 aliphatic rings. The van der Waals surface area contributed by atoms with Crippen molar-refractivity contribution >= 4 is 34.9 Å². The minimum absolute atomic E-state index is 0.109. The maximum absolute atomic E-state index is 13.6. The van der Waals surface area contributed by atoms with E-state index in [1.165, 1.54) is 19.2 Å². The average molecular weight is 357 g/mol. The Morgan fingerprint density at radius 1 is 1.22 bits per heavy atom. The van der Waals surface area contributed by atoms with Crippen molar-refractivity contribution in [1.82, 2.24) is 5.32 Å². The predicted octanol–water partition coefficient (Wildman–Crippen LogP) is 5.02. The van der Waals surface area contributed by atoms with Crippen LogP contribution in [0.25, 0.3) is 0 Å². The first-order valence-corrected chi connectivity index (χ1v) is 7.52. The average Bonchev–Trinajstić information content (AvgIpc) is 2.47. The van der Waals surface area contributed by atoms with Gasteiger partial charge in [0.15, 0.2) is 11.6 Å². The zero-order valence-corrected chi connectivity index (χ0v) is 14.0. The summed E-state index contributed by atoms with van der Waals surface area (Å²) in [6, 6.07) is 8.37. The molecule has 2 rings (SSSR count). The predicted molar refractivity (Wildman–Crippen MR) is 90.0 cm³/mol. The van der Waals surface area contributed by atoms with Crippen molar-refractivity contribution in [3.05, 3.63) is 57.8 Å². The Morgan fingerprint density at radius 2 is 1.96 bits per heavy atom. The fourth-order valence-corrected chi connectivity index (χ4v) is 2.61. The zero-order valence-electron chi connectivity index (χ0n) is 12.5. The van der Waals surface area contributed by atoms with E-state index < -0.39 is 11.8 Å². The van der Waals surface area contributed by atoms with Crippen LogP contribution < -0.4 is 15.4 Å². The molecule has 2 amide bonds. The van der Waals surface area contributed by atoms with Gasteiger partial charge in [-0.15, -0.1) is 0 Å². The van der Waals surface area contributed by atoms with Crippen molar-refractivity contribution in [2.45, 2.75) is 13.0 Å². The van der Waals surface area contributed by atoms with Gasteiger partial charge in [-0.2, -0.15) is 0 Å². The van der Waals surface area contributed by atoms with Crippen LogP contribution in [0.3, 0.4) is 0 Å². The van der Waals surface area contributed by atoms with Gasteiger partial charge in [0.25, 0.3) is 0 Å². The fraction of sp³-hybridized carbons (Fsp3) is 0.188. The third-order valence-electron chi connectivity index (χ3n) is 3.19. The molecular formula is C16H15Cl2FN2O2. The van der Waals surface area contributed by atoms with Gasteiger partial charge >= 0.3 is 6.03 Å². The van der Waals surface area contributed by atoms with Crippen LogP contribution in [0.2, 0.25) is 10.0 Å². The minimum atomic E-state index is -0.556. The van der Waals surface area contributed by atoms with Crippen molar-refractivity contribution in [2.24, 2.45) is 0 Å². The lowest BCUT2D eigenvalue weighted by molar-refractivity contribution is 0.249. The summed E-state index contributed by atoms with van der Waals surface area (Å²) in [6.07, 6.45) is 0. The highest BCUT2D eigenvalue weighted by Gasteiger charge is 2.13. The summed E-state index contributed by atoms with van der Waals surface area (Å²) in [5.41, 5.74) is 1.04. The Hall–Kier alpha value is -1.98. The summed E-state index contributed by atoms with van der Waals surface area (Å²) in [6.45, 7) is 1.78. The monoisotopic (exact) mass is 356 g/mol. The first-order valence-electron chi connectivity index (χ1n) is 6.76. The largest absolute Gasteiger partial charge is 0.494 e. The van der Waals surface area contributed by atoms with E-state index in [1.54, 1.807) is 31.2 Å². The van der Waals surface area contributed by atoms with E-state index in [4.69, 9.17) is 27.9 Å². The molecule has 1 unspecified atom stereocenters. The second-order valence-electron chi connectivity index (χ2n) is 4.84. The molecule has 2 aromatic carbocycles. The SMILES string of the molecule is COc1ccc(NC(=O)NC(C)c2ccc(Cl)cc2Cl)cc1F. The van der Waals surface area contributed by atoms with Crippen LogP contribution in [-0.4, -0.2) is 13.1 Å². The van der Waals surface area contributed by atoms with Crippen LogP contribution in [0.5, 0.6) is 5.75 Å². The number of amides is 2. The van der Waals surface area contributed by atoms with Gasteiger partial charge < -0.3 is 15.4 Å². The number of benzene rings is 2. The van der Waals surface area contributed by atoms with E-state index in [1.807, 2.05) is 0 Å². The number of hydrogen-bond donors (Lipinski definition) is 2. The summed E-state index contributed by atoms with van der Waals surface area (Å²) >= 11 is 11.9. The highest BCUT2D eigenvalue weighted by Crippen LogP contribution is 2.26. The number of anilines is 1. The quantitative estimate of drug-likeness (QED) is 0.807. The van der Waals surface area contributed by atoms with E-state index in [9.17, 15) is 9.18 Å². The fourth-order valence-electron chi connectivity index (χ4n) is 2.04. The number of nitrogens with one attached hydrogen (secondary N) is 2. The van der Waals surface area contributed by atoms with E-state index in [2.05, 4.69) is 10.6 Å². The molecule has 0 aromatic heterocycles. The molecule has 0 heterocycles. The highest BCUT2D eigenvalue weighted by molar-refractivity contribution is 6.35. The Morgan fingerprint density at radius 3 is 2.57 bits per heavy atom. The number of carbonyl (C=O) groups excluding carboxylic acids is 1. The Balaban J connectivity index is 2.02. The molecular weight excluding hydrogens is 342 g/mol. The molecule has 4 nitrogen and oxygen atoms in total. The topological polar surface area (TPSA) is 50.4 Å². The normalized spacial score (nSPS) is 11.7. The maximum Gasteiger partial charge on any atom is 0.319 e. The van der Waals surface area contributed by atoms with Gasteiger partial charge in [0.1, 0.15) is 0 Å². The number of rotatable bonds is 4. The number of ether oxygens (including phenoxy) is 1. The van der Waals surface area contributed by atoms with E-state index in [-0.39, 0.29) is 11.8 Å². The molecule has 2 N–H and O–H groups in total. The lowest BCUT2D eigenvalue weighted by atomic mass is 10.1. The lowest BCUT2D eigenvalue weighted by Gasteiger charge is -2.16. The van der Waals surface area contributed by atoms with Crippen molar-refractivity contribution in [1.29, 1.82) is 0 Å². The molecule has 23 heavy (non-hydrogen) atoms. The molecule has 0 saturated heterocycles. The number of methoxy groups -OCH3 is 1. The standard InChI is InChI=1S/C16H15Cl2FN2O2/c1-9(12-5-3-10(17)7-13(12)18)20-16(22)21-11-4-6-15(23-2)14(19)8-11/h3-9H,1-2H3,(H2,20,21,22). The smallest absolute Gasteiger partial charge is 0.319 e. The Labute approximate surface area is 143 Å². The number of halogens is 3. The molecule has 122 valence electrons. The summed E-state index contributed by atoms with van der Waals surface area (Å²) in [4.78, 5) is 12.0. The lowest BCUT2D eigenvalue weighted by Crippen LogP contribution is -2.31. The Bertz CT molecular complexity index is 725. The number of carbonyl (C=O) groups is 1. The number of hydrogen-bond acceptors (Lipinski definition) is 2. The molecule has 2 aromatic rings. The van der Waals surface area contributed by atoms with Crippen LogP contribution in [0, 0.1) is 5.82 Å². The van der Waals surface area contributed by atoms with Gasteiger partial charge in [-0.1, -0.05) is 29.3 Å². The van der Waals surface area contributed by atoms with E-state index >= 15 is 0 Å². The van der Waals surface area contributed by atoms with Crippen LogP contribution in [0.15, 0.2) is 36.4 Å². The van der Waals surface area contributed by atoms with Crippen LogP contribution in [0.4, 0.5) is 14.9 Å². The minimum Gasteiger partial charge on any atom is -0.494 e. The Kier molecular flexibility index (Phi) is 5.69. The second kappa shape index (κ2) is 7.53. The van der Waals surface area contributed by atoms with Crippen LogP contribution in [-0.2, 0) is 0 Å². The maximum atomic E-state index is 13.6. The van der Waals surface area contributed by atoms with Gasteiger partial charge in [0.05, 0.1) is 13.2 Å². The molecule has 0 spiro atoms. The molecule has 0 aliphatic heterocycles. The van der Waals surface area contributed by atoms with E-state index in [0.717, 1.165) is 5.56 Å². The zero-order chi connectivity index (χ0) is 17.0. The van der Waals surface area contributed by atoms with Gasteiger partial charge in [-0.3, -0.25) is 0 Å². The second-order valence-corrected chi connectivity index (χ2v) is 5.68. The van der Waals surface area contributed by atoms with Crippen LogP contribution >= 0.6 is 23.2 Å². The van der Waals surface area contributed by atoms with Gasteiger partial charge in [-0.05, 0) is 36.8 Å². The van der Waals surface area contributed by atoms with Crippen LogP contribution in [0.1, 0.15) is 18.5 Å². The third kappa shape index (κ3) is 4.50. The summed E-state index contributed by atoms with van der Waals surface area (Å²) in [5.74, 6) is -0.448. The van der Waals surface area contributed by atoms with E-state index in [0.29, 0.717) is 15.7 Å². The molecule has 1 atom stereocenters. The number of urea groups is 1. The molecule has 0 saturated carbocycles. The van der Waals surface area contributed by atoms with Crippen molar-refractivity contribution in [3.8, 4) is 5.75 Å². The highest BCUT2D eigenvalue weighted by atomic mass is 35.5. The first-order chi connectivity index (χ1) is 10.9. The van der Waals surface area contributed by atoms with Crippen molar-refractivity contribution in [3.63, 3.8) is 0 Å². The van der Waals surface area contributed by atoms with Gasteiger partial charge in [-0.25, -0.2) is 9.18 Å². The first kappa shape index (κ1) is 17.4. The summed E-state index contributed by atoms with van der Waals surface area (Å²) in [5, 5.41) is 6.25. The van der Waals surface area contributed by atoms with Gasteiger partial charge in [0, 0.05) is 21.8 Å². The molecule has 0 radical (unpaired) electrons. The van der Waals surface area contributed by atoms with Crippen molar-refractivity contribution in [2.75, 3.05) is 12.4 Å². The molecule has 0 bridgehead atoms. The van der Waals surface area contributed by atoms with Crippen molar-refractivity contribution < 1.29 is 13.9 Å². The summed E-state index contributed by atoms with van der Waals surface area (Å²) < 4.78 is 18.4. The van der Waals surface area contributed by atoms with Gasteiger partial charge in [0.2, 0.25) is 0 Å². The third-order valence-corrected chi connectivity index (χ3v) is 3.75. The molecule has 7 heteroatoms. The summed E-state index contributed by atoms with van der Waals surface area (Å²) in [7, 11) is 1.37.